The van der Waals surface area contributed by atoms with Gasteiger partial charge in [0.2, 0.25) is 5.76 Å². The first-order chi connectivity index (χ1) is 14.6. The molecule has 1 atom stereocenters. The number of hydrogen-bond acceptors (Lipinski definition) is 5. The van der Waals surface area contributed by atoms with E-state index in [1.807, 2.05) is 24.8 Å². The third-order valence-electron chi connectivity index (χ3n) is 5.35. The summed E-state index contributed by atoms with van der Waals surface area (Å²) in [5, 5.41) is 4.75. The minimum Gasteiger partial charge on any atom is -0.381 e. The number of Topliss-reactive ketones (excluding diaryl/α,β-unsaturated/α-hetero) is 1. The number of H-pyrrole nitrogens is 1. The summed E-state index contributed by atoms with van der Waals surface area (Å²) in [5.41, 5.74) is -0.367. The number of amides is 1. The quantitative estimate of drug-likeness (QED) is 0.627. The van der Waals surface area contributed by atoms with Gasteiger partial charge in [-0.05, 0) is 36.5 Å². The molecule has 10 heteroatoms. The molecule has 1 aliphatic rings. The SMILES string of the molecule is C[Si](C)(C)c1c(F)cc(CC(=O)C(NC(=O)c2cc(=O)[nH]o2)C2CCOCC2)cc1F. The standard InChI is InChI=1S/C21H26F2N2O5Si/c1-31(2,3)20-14(22)8-12(9-15(20)23)10-16(26)19(13-4-6-29-7-5-13)24-21(28)17-11-18(27)25-30-17/h8-9,11,13,19H,4-7,10H2,1-3H3,(H,24,28)(H,25,27). The third-order valence-corrected chi connectivity index (χ3v) is 7.33. The molecule has 0 radical (unpaired) electrons. The minimum atomic E-state index is -2.24. The Balaban J connectivity index is 1.83. The van der Waals surface area contributed by atoms with Crippen molar-refractivity contribution < 1.29 is 27.6 Å². The van der Waals surface area contributed by atoms with Crippen LogP contribution in [0.3, 0.4) is 0 Å². The normalized spacial score (nSPS) is 16.2. The lowest BCUT2D eigenvalue weighted by atomic mass is 9.87. The van der Waals surface area contributed by atoms with Crippen LogP contribution in [0.5, 0.6) is 0 Å². The predicted octanol–water partition coefficient (Wildman–Crippen LogP) is 2.13. The Morgan fingerprint density at radius 2 is 1.77 bits per heavy atom. The van der Waals surface area contributed by atoms with Crippen LogP contribution in [-0.4, -0.2) is 44.2 Å². The van der Waals surface area contributed by atoms with Crippen LogP contribution in [0.1, 0.15) is 29.0 Å². The highest BCUT2D eigenvalue weighted by Gasteiger charge is 2.33. The molecule has 2 aromatic rings. The smallest absolute Gasteiger partial charge is 0.290 e. The summed E-state index contributed by atoms with van der Waals surface area (Å²) in [6, 6.07) is 2.48. The van der Waals surface area contributed by atoms with Gasteiger partial charge in [-0.25, -0.2) is 8.78 Å². The average molecular weight is 453 g/mol. The van der Waals surface area contributed by atoms with Crippen molar-refractivity contribution in [3.05, 3.63) is 51.5 Å². The van der Waals surface area contributed by atoms with Gasteiger partial charge in [-0.1, -0.05) is 19.6 Å². The summed E-state index contributed by atoms with van der Waals surface area (Å²) in [6.45, 7) is 6.41. The van der Waals surface area contributed by atoms with E-state index in [1.54, 1.807) is 0 Å². The molecule has 0 spiro atoms. The van der Waals surface area contributed by atoms with E-state index in [-0.39, 0.29) is 34.6 Å². The maximum Gasteiger partial charge on any atom is 0.290 e. The van der Waals surface area contributed by atoms with Gasteiger partial charge in [-0.2, -0.15) is 5.16 Å². The van der Waals surface area contributed by atoms with Crippen molar-refractivity contribution in [3.8, 4) is 0 Å². The van der Waals surface area contributed by atoms with Gasteiger partial charge in [0.15, 0.2) is 5.78 Å². The van der Waals surface area contributed by atoms with E-state index in [0.29, 0.717) is 26.1 Å². The maximum atomic E-state index is 14.6. The van der Waals surface area contributed by atoms with Crippen LogP contribution in [0, 0.1) is 17.6 Å². The number of aromatic amines is 1. The number of rotatable bonds is 7. The fourth-order valence-electron chi connectivity index (χ4n) is 3.87. The summed E-state index contributed by atoms with van der Waals surface area (Å²) in [4.78, 5) is 36.8. The fraction of sp³-hybridized carbons (Fsp3) is 0.476. The summed E-state index contributed by atoms with van der Waals surface area (Å²) in [6.07, 6.45) is 0.856. The highest BCUT2D eigenvalue weighted by molar-refractivity contribution is 6.88. The topological polar surface area (TPSA) is 101 Å². The van der Waals surface area contributed by atoms with Crippen LogP contribution in [0.2, 0.25) is 19.6 Å². The minimum absolute atomic E-state index is 0.0977. The zero-order valence-corrected chi connectivity index (χ0v) is 18.7. The molecule has 2 heterocycles. The Kier molecular flexibility index (Phi) is 6.90. The number of halogens is 2. The van der Waals surface area contributed by atoms with Crippen molar-refractivity contribution in [1.29, 1.82) is 0 Å². The van der Waals surface area contributed by atoms with Gasteiger partial charge in [-0.15, -0.1) is 0 Å². The first kappa shape index (κ1) is 23.1. The van der Waals surface area contributed by atoms with E-state index in [1.165, 1.54) is 12.1 Å². The molecule has 3 rings (SSSR count). The van der Waals surface area contributed by atoms with Gasteiger partial charge in [0.05, 0.1) is 20.2 Å². The number of carbonyl (C=O) groups is 2. The molecule has 1 fully saturated rings. The molecule has 7 nitrogen and oxygen atoms in total. The largest absolute Gasteiger partial charge is 0.381 e. The van der Waals surface area contributed by atoms with Crippen LogP contribution in [0.25, 0.3) is 0 Å². The molecule has 1 aromatic heterocycles. The molecule has 1 aliphatic heterocycles. The van der Waals surface area contributed by atoms with Crippen molar-refractivity contribution in [2.45, 2.75) is 44.9 Å². The highest BCUT2D eigenvalue weighted by Crippen LogP contribution is 2.22. The molecular formula is C21H26F2N2O5Si. The summed E-state index contributed by atoms with van der Waals surface area (Å²) >= 11 is 0. The second kappa shape index (κ2) is 9.27. The van der Waals surface area contributed by atoms with E-state index < -0.39 is 37.2 Å². The highest BCUT2D eigenvalue weighted by atomic mass is 28.3. The molecule has 1 unspecified atom stereocenters. The second-order valence-electron chi connectivity index (χ2n) is 8.81. The Labute approximate surface area is 179 Å². The Hall–Kier alpha value is -2.59. The van der Waals surface area contributed by atoms with E-state index >= 15 is 0 Å². The van der Waals surface area contributed by atoms with Crippen LogP contribution in [-0.2, 0) is 16.0 Å². The van der Waals surface area contributed by atoms with Gasteiger partial charge < -0.3 is 14.6 Å². The van der Waals surface area contributed by atoms with Crippen molar-refractivity contribution >= 4 is 25.0 Å². The third kappa shape index (κ3) is 5.56. The number of benzene rings is 1. The zero-order chi connectivity index (χ0) is 22.8. The average Bonchev–Trinajstić information content (AvgIpc) is 3.11. The molecule has 1 amide bonds. The zero-order valence-electron chi connectivity index (χ0n) is 17.7. The molecule has 2 N–H and O–H groups in total. The molecular weight excluding hydrogens is 426 g/mol. The van der Waals surface area contributed by atoms with E-state index in [9.17, 15) is 23.2 Å². The Morgan fingerprint density at radius 1 is 1.16 bits per heavy atom. The lowest BCUT2D eigenvalue weighted by Crippen LogP contribution is -2.48. The first-order valence-electron chi connectivity index (χ1n) is 10.1. The number of ketones is 1. The Morgan fingerprint density at radius 3 is 2.29 bits per heavy atom. The monoisotopic (exact) mass is 452 g/mol. The molecule has 31 heavy (non-hydrogen) atoms. The van der Waals surface area contributed by atoms with Gasteiger partial charge in [0.1, 0.15) is 11.6 Å². The van der Waals surface area contributed by atoms with Crippen molar-refractivity contribution in [2.75, 3.05) is 13.2 Å². The van der Waals surface area contributed by atoms with Gasteiger partial charge in [0.25, 0.3) is 11.5 Å². The van der Waals surface area contributed by atoms with Gasteiger partial charge in [-0.3, -0.25) is 14.4 Å². The van der Waals surface area contributed by atoms with Crippen molar-refractivity contribution in [1.82, 2.24) is 10.5 Å². The van der Waals surface area contributed by atoms with Crippen LogP contribution in [0.4, 0.5) is 8.78 Å². The van der Waals surface area contributed by atoms with Crippen LogP contribution >= 0.6 is 0 Å². The summed E-state index contributed by atoms with van der Waals surface area (Å²) in [5.74, 6) is -2.84. The Bertz CT molecular complexity index is 998. The van der Waals surface area contributed by atoms with E-state index in [0.717, 1.165) is 6.07 Å². The number of aromatic nitrogens is 1. The van der Waals surface area contributed by atoms with Crippen LogP contribution in [0.15, 0.2) is 27.5 Å². The van der Waals surface area contributed by atoms with Gasteiger partial charge in [0, 0.05) is 24.8 Å². The van der Waals surface area contributed by atoms with Crippen LogP contribution < -0.4 is 16.1 Å². The molecule has 0 aliphatic carbocycles. The van der Waals surface area contributed by atoms with E-state index in [2.05, 4.69) is 5.32 Å². The van der Waals surface area contributed by atoms with Crippen molar-refractivity contribution in [3.63, 3.8) is 0 Å². The molecule has 1 saturated heterocycles. The fourth-order valence-corrected chi connectivity index (χ4v) is 5.45. The molecule has 0 bridgehead atoms. The predicted molar refractivity (Wildman–Crippen MR) is 112 cm³/mol. The number of carbonyl (C=O) groups excluding carboxylic acids is 2. The number of hydrogen-bond donors (Lipinski definition) is 2. The number of nitrogens with one attached hydrogen (secondary N) is 2. The lowest BCUT2D eigenvalue weighted by Gasteiger charge is -2.30. The maximum absolute atomic E-state index is 14.6. The summed E-state index contributed by atoms with van der Waals surface area (Å²) in [7, 11) is -2.24. The second-order valence-corrected chi connectivity index (χ2v) is 13.8. The summed E-state index contributed by atoms with van der Waals surface area (Å²) < 4.78 is 39.3. The first-order valence-corrected chi connectivity index (χ1v) is 13.6. The molecule has 1 aromatic carbocycles. The molecule has 0 saturated carbocycles. The molecule has 168 valence electrons. The van der Waals surface area contributed by atoms with Gasteiger partial charge >= 0.3 is 0 Å². The van der Waals surface area contributed by atoms with E-state index in [4.69, 9.17) is 9.26 Å². The number of ether oxygens (including phenoxy) is 1. The lowest BCUT2D eigenvalue weighted by molar-refractivity contribution is -0.122. The van der Waals surface area contributed by atoms with Crippen molar-refractivity contribution in [2.24, 2.45) is 5.92 Å².